The van der Waals surface area contributed by atoms with Crippen molar-refractivity contribution in [2.75, 3.05) is 33.1 Å². The second-order valence-electron chi connectivity index (χ2n) is 3.59. The van der Waals surface area contributed by atoms with Crippen molar-refractivity contribution in [2.45, 2.75) is 5.75 Å². The maximum Gasteiger partial charge on any atom is 0.156 e. The zero-order valence-corrected chi connectivity index (χ0v) is 11.1. The number of rotatable bonds is 3. The van der Waals surface area contributed by atoms with E-state index >= 15 is 0 Å². The second kappa shape index (κ2) is 6.43. The van der Waals surface area contributed by atoms with Crippen LogP contribution in [0.4, 0.5) is 5.69 Å². The molecule has 88 valence electrons. The first-order chi connectivity index (χ1) is 7.69. The molecule has 0 aliphatic rings. The zero-order chi connectivity index (χ0) is 12.0. The number of nitrogens with one attached hydrogen (secondary N) is 1. The van der Waals surface area contributed by atoms with Gasteiger partial charge in [-0.2, -0.15) is 0 Å². The topological polar surface area (TPSA) is 27.6 Å². The molecule has 0 amide bonds. The van der Waals surface area contributed by atoms with Crippen molar-refractivity contribution in [1.82, 2.24) is 5.32 Å². The van der Waals surface area contributed by atoms with Gasteiger partial charge in [0, 0.05) is 39.6 Å². The van der Waals surface area contributed by atoms with E-state index in [0.717, 1.165) is 10.9 Å². The minimum Gasteiger partial charge on any atom is -0.377 e. The van der Waals surface area contributed by atoms with E-state index in [9.17, 15) is 0 Å². The van der Waals surface area contributed by atoms with Gasteiger partial charge in [-0.3, -0.25) is 4.99 Å². The summed E-state index contributed by atoms with van der Waals surface area (Å²) in [4.78, 5) is 6.29. The van der Waals surface area contributed by atoms with Crippen molar-refractivity contribution in [1.29, 1.82) is 0 Å². The van der Waals surface area contributed by atoms with Crippen LogP contribution in [0.15, 0.2) is 29.3 Å². The number of hydrogen-bond acceptors (Lipinski definition) is 3. The molecule has 0 fully saturated rings. The quantitative estimate of drug-likeness (QED) is 0.645. The lowest BCUT2D eigenvalue weighted by atomic mass is 10.2. The normalized spacial score (nSPS) is 11.4. The summed E-state index contributed by atoms with van der Waals surface area (Å²) >= 11 is 1.72. The van der Waals surface area contributed by atoms with Crippen LogP contribution in [-0.2, 0) is 5.75 Å². The van der Waals surface area contributed by atoms with Gasteiger partial charge in [-0.15, -0.1) is 0 Å². The van der Waals surface area contributed by atoms with Gasteiger partial charge in [0.15, 0.2) is 5.17 Å². The van der Waals surface area contributed by atoms with Crippen LogP contribution in [0.1, 0.15) is 5.56 Å². The van der Waals surface area contributed by atoms with Crippen molar-refractivity contribution < 1.29 is 0 Å². The molecule has 0 unspecified atom stereocenters. The molecule has 0 spiro atoms. The third-order valence-electron chi connectivity index (χ3n) is 2.25. The first-order valence-corrected chi connectivity index (χ1v) is 6.20. The van der Waals surface area contributed by atoms with E-state index in [1.54, 1.807) is 18.8 Å². The predicted octanol–water partition coefficient (Wildman–Crippen LogP) is 2.19. The van der Waals surface area contributed by atoms with Gasteiger partial charge in [0.2, 0.25) is 0 Å². The molecule has 0 saturated carbocycles. The molecule has 0 bridgehead atoms. The van der Waals surface area contributed by atoms with Crippen molar-refractivity contribution in [3.8, 4) is 0 Å². The predicted molar refractivity (Wildman–Crippen MR) is 74.5 cm³/mol. The largest absolute Gasteiger partial charge is 0.377 e. The van der Waals surface area contributed by atoms with E-state index in [1.807, 2.05) is 7.05 Å². The second-order valence-corrected chi connectivity index (χ2v) is 4.55. The Hall–Kier alpha value is -1.16. The van der Waals surface area contributed by atoms with Gasteiger partial charge < -0.3 is 10.2 Å². The maximum absolute atomic E-state index is 4.15. The number of anilines is 1. The molecule has 0 aliphatic heterocycles. The van der Waals surface area contributed by atoms with Crippen LogP contribution >= 0.6 is 11.8 Å². The molecule has 0 aliphatic carbocycles. The SMILES string of the molecule is CN=C(NC)SCc1ccccc1N(C)C. The van der Waals surface area contributed by atoms with Crippen LogP contribution in [0.25, 0.3) is 0 Å². The molecular weight excluding hydrogens is 218 g/mol. The Labute approximate surface area is 102 Å². The molecule has 0 aromatic heterocycles. The van der Waals surface area contributed by atoms with Gasteiger partial charge in [-0.05, 0) is 11.6 Å². The fourth-order valence-corrected chi connectivity index (χ4v) is 2.27. The van der Waals surface area contributed by atoms with E-state index < -0.39 is 0 Å². The molecule has 0 heterocycles. The lowest BCUT2D eigenvalue weighted by Gasteiger charge is -2.17. The Morgan fingerprint density at radius 1 is 1.38 bits per heavy atom. The Balaban J connectivity index is 2.73. The van der Waals surface area contributed by atoms with Crippen LogP contribution in [0.3, 0.4) is 0 Å². The van der Waals surface area contributed by atoms with Crippen LogP contribution in [0, 0.1) is 0 Å². The Morgan fingerprint density at radius 3 is 2.62 bits per heavy atom. The molecule has 16 heavy (non-hydrogen) atoms. The fourth-order valence-electron chi connectivity index (χ4n) is 1.46. The van der Waals surface area contributed by atoms with Crippen LogP contribution in [0.5, 0.6) is 0 Å². The summed E-state index contributed by atoms with van der Waals surface area (Å²) in [6, 6.07) is 8.44. The lowest BCUT2D eigenvalue weighted by Crippen LogP contribution is -2.15. The van der Waals surface area contributed by atoms with Crippen LogP contribution in [0.2, 0.25) is 0 Å². The van der Waals surface area contributed by atoms with E-state index in [0.29, 0.717) is 0 Å². The average Bonchev–Trinajstić information content (AvgIpc) is 2.30. The summed E-state index contributed by atoms with van der Waals surface area (Å²) in [7, 11) is 7.83. The first kappa shape index (κ1) is 12.9. The van der Waals surface area contributed by atoms with E-state index in [1.165, 1.54) is 11.3 Å². The summed E-state index contributed by atoms with van der Waals surface area (Å²) < 4.78 is 0. The number of thioether (sulfide) groups is 1. The summed E-state index contributed by atoms with van der Waals surface area (Å²) in [6.07, 6.45) is 0. The lowest BCUT2D eigenvalue weighted by molar-refractivity contribution is 1.11. The summed E-state index contributed by atoms with van der Waals surface area (Å²) in [6.45, 7) is 0. The third kappa shape index (κ3) is 3.45. The van der Waals surface area contributed by atoms with Crippen LogP contribution in [-0.4, -0.2) is 33.4 Å². The molecule has 1 aromatic rings. The van der Waals surface area contributed by atoms with Crippen molar-refractivity contribution in [3.63, 3.8) is 0 Å². The standard InChI is InChI=1S/C12H19N3S/c1-13-12(14-2)16-9-10-7-5-6-8-11(10)15(3)4/h5-8H,9H2,1-4H3,(H,13,14). The summed E-state index contributed by atoms with van der Waals surface area (Å²) in [5.41, 5.74) is 2.59. The smallest absolute Gasteiger partial charge is 0.156 e. The molecule has 1 aromatic carbocycles. The van der Waals surface area contributed by atoms with Crippen molar-refractivity contribution >= 4 is 22.6 Å². The molecule has 1 rings (SSSR count). The molecular formula is C12H19N3S. The molecule has 1 N–H and O–H groups in total. The first-order valence-electron chi connectivity index (χ1n) is 5.21. The Morgan fingerprint density at radius 2 is 2.06 bits per heavy atom. The molecule has 0 radical (unpaired) electrons. The maximum atomic E-state index is 4.15. The van der Waals surface area contributed by atoms with Gasteiger partial charge in [0.05, 0.1) is 0 Å². The number of hydrogen-bond donors (Lipinski definition) is 1. The number of benzene rings is 1. The van der Waals surface area contributed by atoms with Gasteiger partial charge in [0.1, 0.15) is 0 Å². The molecule has 4 heteroatoms. The monoisotopic (exact) mass is 237 g/mol. The van der Waals surface area contributed by atoms with E-state index in [-0.39, 0.29) is 0 Å². The third-order valence-corrected chi connectivity index (χ3v) is 3.37. The minimum atomic E-state index is 0.932. The van der Waals surface area contributed by atoms with Gasteiger partial charge >= 0.3 is 0 Å². The van der Waals surface area contributed by atoms with E-state index in [2.05, 4.69) is 53.6 Å². The Bertz CT molecular complexity index is 361. The molecule has 0 atom stereocenters. The molecule has 0 saturated heterocycles. The average molecular weight is 237 g/mol. The molecule has 3 nitrogen and oxygen atoms in total. The minimum absolute atomic E-state index is 0.932. The van der Waals surface area contributed by atoms with Crippen LogP contribution < -0.4 is 10.2 Å². The van der Waals surface area contributed by atoms with Crippen molar-refractivity contribution in [2.24, 2.45) is 4.99 Å². The highest BCUT2D eigenvalue weighted by Crippen LogP contribution is 2.23. The number of para-hydroxylation sites is 1. The van der Waals surface area contributed by atoms with E-state index in [4.69, 9.17) is 0 Å². The fraction of sp³-hybridized carbons (Fsp3) is 0.417. The van der Waals surface area contributed by atoms with Gasteiger partial charge in [0.25, 0.3) is 0 Å². The number of amidine groups is 1. The van der Waals surface area contributed by atoms with Gasteiger partial charge in [-0.1, -0.05) is 30.0 Å². The summed E-state index contributed by atoms with van der Waals surface area (Å²) in [5.74, 6) is 0.932. The summed E-state index contributed by atoms with van der Waals surface area (Å²) in [5, 5.41) is 4.04. The Kier molecular flexibility index (Phi) is 5.19. The number of aliphatic imine (C=N–C) groups is 1. The number of nitrogens with zero attached hydrogens (tertiary/aromatic N) is 2. The van der Waals surface area contributed by atoms with Crippen molar-refractivity contribution in [3.05, 3.63) is 29.8 Å². The highest BCUT2D eigenvalue weighted by atomic mass is 32.2. The highest BCUT2D eigenvalue weighted by molar-refractivity contribution is 8.13. The highest BCUT2D eigenvalue weighted by Gasteiger charge is 2.04. The zero-order valence-electron chi connectivity index (χ0n) is 10.3. The van der Waals surface area contributed by atoms with Gasteiger partial charge in [-0.25, -0.2) is 0 Å².